The van der Waals surface area contributed by atoms with Gasteiger partial charge in [-0.1, -0.05) is 26.2 Å². The van der Waals surface area contributed by atoms with Crippen molar-refractivity contribution in [3.63, 3.8) is 0 Å². The van der Waals surface area contributed by atoms with Crippen molar-refractivity contribution < 1.29 is 58.2 Å². The van der Waals surface area contributed by atoms with Gasteiger partial charge in [0.1, 0.15) is 0 Å². The summed E-state index contributed by atoms with van der Waals surface area (Å²) >= 11 is 0. The predicted octanol–water partition coefficient (Wildman–Crippen LogP) is -0.205. The summed E-state index contributed by atoms with van der Waals surface area (Å²) in [4.78, 5) is 0. The van der Waals surface area contributed by atoms with Crippen LogP contribution in [0, 0.1) is 12.3 Å². The Morgan fingerprint density at radius 2 is 1.89 bits per heavy atom. The van der Waals surface area contributed by atoms with Crippen molar-refractivity contribution in [2.45, 2.75) is 39.0 Å². The smallest absolute Gasteiger partial charge is 0.328 e. The first-order valence-electron chi connectivity index (χ1n) is 3.75. The topological polar surface area (TPSA) is 0 Å². The summed E-state index contributed by atoms with van der Waals surface area (Å²) in [7, 11) is 0. The van der Waals surface area contributed by atoms with E-state index in [2.05, 4.69) is 13.3 Å². The third-order valence-corrected chi connectivity index (χ3v) is 2.14. The van der Waals surface area contributed by atoms with Crippen molar-refractivity contribution in [2.24, 2.45) is 5.92 Å². The van der Waals surface area contributed by atoms with Gasteiger partial charge in [-0.25, -0.2) is 0 Å². The maximum Gasteiger partial charge on any atom is 1.00 e. The number of hydrogen-bond acceptors (Lipinski definition) is 0. The maximum atomic E-state index is 2.42. The van der Waals surface area contributed by atoms with Gasteiger partial charge in [0, 0.05) is 0 Å². The molecule has 48 valence electrons. The second kappa shape index (κ2) is 6.51. The minimum Gasteiger partial charge on any atom is -0.328 e. The first kappa shape index (κ1) is 10.8. The summed E-state index contributed by atoms with van der Waals surface area (Å²) in [6.45, 7) is 2.30. The zero-order valence-electron chi connectivity index (χ0n) is 6.69. The third kappa shape index (κ3) is 4.29. The molecule has 0 aromatic rings. The zero-order chi connectivity index (χ0) is 5.82. The van der Waals surface area contributed by atoms with Gasteiger partial charge in [0.05, 0.1) is 0 Å². The molecule has 0 nitrogen and oxygen atoms in total. The Bertz CT molecular complexity index is 55.6. The predicted molar refractivity (Wildman–Crippen MR) is 36.5 cm³/mol. The van der Waals surface area contributed by atoms with E-state index < -0.39 is 0 Å². The SMILES string of the molecule is CCC1CC[CH-]CC1.[Rb+]. The molecule has 1 saturated carbocycles. The van der Waals surface area contributed by atoms with E-state index in [9.17, 15) is 0 Å². The van der Waals surface area contributed by atoms with Crippen molar-refractivity contribution >= 4 is 0 Å². The quantitative estimate of drug-likeness (QED) is 0.510. The minimum atomic E-state index is 0. The molecule has 9 heavy (non-hydrogen) atoms. The molecule has 0 atom stereocenters. The molecule has 0 heterocycles. The fourth-order valence-electron chi connectivity index (χ4n) is 1.40. The molecule has 1 heteroatoms. The van der Waals surface area contributed by atoms with Crippen molar-refractivity contribution in [2.75, 3.05) is 0 Å². The summed E-state index contributed by atoms with van der Waals surface area (Å²) in [5.41, 5.74) is 0. The molecule has 0 unspecified atom stereocenters. The Labute approximate surface area is 108 Å². The Hall–Kier alpha value is 1.81. The molecule has 0 spiro atoms. The van der Waals surface area contributed by atoms with E-state index in [1.165, 1.54) is 32.1 Å². The van der Waals surface area contributed by atoms with E-state index >= 15 is 0 Å². The van der Waals surface area contributed by atoms with Crippen LogP contribution in [-0.2, 0) is 0 Å². The van der Waals surface area contributed by atoms with Crippen LogP contribution in [-0.4, -0.2) is 0 Å². The van der Waals surface area contributed by atoms with Crippen molar-refractivity contribution in [1.82, 2.24) is 0 Å². The van der Waals surface area contributed by atoms with Crippen LogP contribution in [0.2, 0.25) is 0 Å². The van der Waals surface area contributed by atoms with E-state index in [4.69, 9.17) is 0 Å². The summed E-state index contributed by atoms with van der Waals surface area (Å²) in [6, 6.07) is 0. The normalized spacial score (nSPS) is 21.0. The number of hydrogen-bond donors (Lipinski definition) is 0. The van der Waals surface area contributed by atoms with Gasteiger partial charge in [-0.15, -0.1) is 0 Å². The molecular formula is C8H15Rb. The summed E-state index contributed by atoms with van der Waals surface area (Å²) in [5, 5.41) is 0. The van der Waals surface area contributed by atoms with Crippen LogP contribution in [0.1, 0.15) is 39.0 Å². The molecule has 1 aliphatic rings. The Kier molecular flexibility index (Phi) is 7.82. The van der Waals surface area contributed by atoms with Crippen LogP contribution in [0.25, 0.3) is 0 Å². The van der Waals surface area contributed by atoms with Crippen LogP contribution in [0.5, 0.6) is 0 Å². The van der Waals surface area contributed by atoms with E-state index in [-0.39, 0.29) is 58.2 Å². The first-order chi connectivity index (χ1) is 3.93. The van der Waals surface area contributed by atoms with Gasteiger partial charge >= 0.3 is 58.2 Å². The van der Waals surface area contributed by atoms with Crippen LogP contribution in [0.3, 0.4) is 0 Å². The van der Waals surface area contributed by atoms with Gasteiger partial charge in [0.15, 0.2) is 0 Å². The van der Waals surface area contributed by atoms with E-state index in [0.717, 1.165) is 5.92 Å². The zero-order valence-corrected chi connectivity index (χ0v) is 11.6. The summed E-state index contributed by atoms with van der Waals surface area (Å²) in [6.07, 6.45) is 9.48. The molecule has 1 fully saturated rings. The molecule has 0 radical (unpaired) electrons. The molecular weight excluding hydrogens is 182 g/mol. The molecule has 0 bridgehead atoms. The second-order valence-corrected chi connectivity index (χ2v) is 2.72. The molecule has 0 amide bonds. The fourth-order valence-corrected chi connectivity index (χ4v) is 1.40. The summed E-state index contributed by atoms with van der Waals surface area (Å²) in [5.74, 6) is 1.06. The van der Waals surface area contributed by atoms with Gasteiger partial charge in [-0.05, 0) is 5.92 Å². The van der Waals surface area contributed by atoms with Crippen molar-refractivity contribution in [3.8, 4) is 0 Å². The Morgan fingerprint density at radius 3 is 2.22 bits per heavy atom. The summed E-state index contributed by atoms with van der Waals surface area (Å²) < 4.78 is 0. The maximum absolute atomic E-state index is 2.42. The number of rotatable bonds is 1. The molecule has 1 aliphatic carbocycles. The van der Waals surface area contributed by atoms with Gasteiger partial charge in [0.2, 0.25) is 0 Å². The Morgan fingerprint density at radius 1 is 1.33 bits per heavy atom. The van der Waals surface area contributed by atoms with Gasteiger partial charge in [-0.2, -0.15) is 12.8 Å². The van der Waals surface area contributed by atoms with Gasteiger partial charge < -0.3 is 6.42 Å². The minimum absolute atomic E-state index is 0. The molecule has 0 aliphatic heterocycles. The standard InChI is InChI=1S/C8H15.Rb/c1-2-8-6-4-3-5-7-8;/h3,8H,2,4-7H2,1H3;/q-1;+1. The van der Waals surface area contributed by atoms with E-state index in [1.54, 1.807) is 0 Å². The molecule has 0 saturated heterocycles. The third-order valence-electron chi connectivity index (χ3n) is 2.14. The second-order valence-electron chi connectivity index (χ2n) is 2.72. The van der Waals surface area contributed by atoms with E-state index in [1.807, 2.05) is 0 Å². The van der Waals surface area contributed by atoms with Crippen LogP contribution in [0.15, 0.2) is 0 Å². The van der Waals surface area contributed by atoms with Crippen LogP contribution in [0.4, 0.5) is 0 Å². The van der Waals surface area contributed by atoms with E-state index in [0.29, 0.717) is 0 Å². The Balaban J connectivity index is 0.000000640. The largest absolute Gasteiger partial charge is 1.00 e. The molecule has 0 aromatic carbocycles. The van der Waals surface area contributed by atoms with Crippen molar-refractivity contribution in [1.29, 1.82) is 0 Å². The first-order valence-corrected chi connectivity index (χ1v) is 3.75. The molecule has 0 aromatic heterocycles. The van der Waals surface area contributed by atoms with Crippen LogP contribution < -0.4 is 58.2 Å². The van der Waals surface area contributed by atoms with Crippen LogP contribution >= 0.6 is 0 Å². The monoisotopic (exact) mass is 196 g/mol. The van der Waals surface area contributed by atoms with Gasteiger partial charge in [0.25, 0.3) is 0 Å². The van der Waals surface area contributed by atoms with Crippen molar-refractivity contribution in [3.05, 3.63) is 6.42 Å². The molecule has 0 N–H and O–H groups in total. The average Bonchev–Trinajstić information content (AvgIpc) is 1.90. The average molecular weight is 197 g/mol. The molecule has 1 rings (SSSR count). The van der Waals surface area contributed by atoms with Gasteiger partial charge in [-0.3, -0.25) is 0 Å². The fraction of sp³-hybridized carbons (Fsp3) is 0.875.